The average Bonchev–Trinajstić information content (AvgIpc) is 3.29. The van der Waals surface area contributed by atoms with Gasteiger partial charge in [0.05, 0.1) is 6.54 Å². The number of amides is 3. The highest BCUT2D eigenvalue weighted by atomic mass is 32.1. The van der Waals surface area contributed by atoms with Crippen molar-refractivity contribution in [3.05, 3.63) is 45.4 Å². The molecule has 2 aromatic rings. The van der Waals surface area contributed by atoms with E-state index in [0.29, 0.717) is 18.3 Å². The number of benzene rings is 1. The minimum atomic E-state index is -0.154. The molecule has 2 aliphatic rings. The highest BCUT2D eigenvalue weighted by molar-refractivity contribution is 7.09. The lowest BCUT2D eigenvalue weighted by atomic mass is 9.65. The number of hydrogen-bond donors (Lipinski definition) is 1. The largest absolute Gasteiger partial charge is 0.334 e. The van der Waals surface area contributed by atoms with E-state index in [1.165, 1.54) is 11.3 Å². The van der Waals surface area contributed by atoms with Crippen molar-refractivity contribution in [2.24, 2.45) is 10.8 Å². The van der Waals surface area contributed by atoms with Crippen molar-refractivity contribution in [2.75, 3.05) is 11.9 Å². The zero-order valence-electron chi connectivity index (χ0n) is 21.6. The van der Waals surface area contributed by atoms with Gasteiger partial charge in [-0.2, -0.15) is 0 Å². The Bertz CT molecular complexity index is 1070. The molecule has 6 nitrogen and oxygen atoms in total. The van der Waals surface area contributed by atoms with Crippen LogP contribution < -0.4 is 5.32 Å². The number of hydrogen-bond acceptors (Lipinski definition) is 4. The van der Waals surface area contributed by atoms with Crippen LogP contribution in [0.15, 0.2) is 23.6 Å². The fourth-order valence-corrected chi connectivity index (χ4v) is 6.92. The predicted molar refractivity (Wildman–Crippen MR) is 138 cm³/mol. The molecule has 1 aliphatic heterocycles. The monoisotopic (exact) mass is 482 g/mol. The van der Waals surface area contributed by atoms with Crippen LogP contribution in [-0.4, -0.2) is 45.4 Å². The standard InChI is InChI=1S/C27H38N4O2S/c1-17(2)30(25(33)29-23-18(3)9-8-10-19(23)4)13-22-28-21(14-34-22)24(32)31-16-27(7)12-20(31)11-26(5,6)15-27/h8-10,14,17,20H,11-13,15-16H2,1-7H3,(H,29,33). The number of para-hydroxylation sites is 1. The van der Waals surface area contributed by atoms with E-state index in [-0.39, 0.29) is 28.8 Å². The maximum atomic E-state index is 13.4. The second-order valence-corrected chi connectivity index (χ2v) is 12.6. The first kappa shape index (κ1) is 24.7. The number of nitrogens with one attached hydrogen (secondary N) is 1. The number of fused-ring (bicyclic) bond motifs is 2. The van der Waals surface area contributed by atoms with E-state index < -0.39 is 0 Å². The lowest BCUT2D eigenvalue weighted by molar-refractivity contribution is 0.0703. The van der Waals surface area contributed by atoms with Gasteiger partial charge in [0.2, 0.25) is 0 Å². The Hall–Kier alpha value is -2.41. The van der Waals surface area contributed by atoms with Crippen molar-refractivity contribution < 1.29 is 9.59 Å². The molecule has 3 amide bonds. The first-order valence-corrected chi connectivity index (χ1v) is 13.1. The number of carbonyl (C=O) groups excluding carboxylic acids is 2. The number of aromatic nitrogens is 1. The van der Waals surface area contributed by atoms with Gasteiger partial charge >= 0.3 is 6.03 Å². The van der Waals surface area contributed by atoms with Gasteiger partial charge in [-0.15, -0.1) is 11.3 Å². The summed E-state index contributed by atoms with van der Waals surface area (Å²) < 4.78 is 0. The van der Waals surface area contributed by atoms with Crippen molar-refractivity contribution in [3.8, 4) is 0 Å². The van der Waals surface area contributed by atoms with E-state index in [1.807, 2.05) is 51.3 Å². The topological polar surface area (TPSA) is 65.5 Å². The summed E-state index contributed by atoms with van der Waals surface area (Å²) in [6.07, 6.45) is 3.28. The van der Waals surface area contributed by atoms with Gasteiger partial charge in [0.15, 0.2) is 0 Å². The van der Waals surface area contributed by atoms with Crippen LogP contribution in [0.5, 0.6) is 0 Å². The highest BCUT2D eigenvalue weighted by Crippen LogP contribution is 2.52. The van der Waals surface area contributed by atoms with Crippen LogP contribution in [-0.2, 0) is 6.54 Å². The fraction of sp³-hybridized carbons (Fsp3) is 0.593. The zero-order valence-corrected chi connectivity index (χ0v) is 22.4. The summed E-state index contributed by atoms with van der Waals surface area (Å²) in [5.41, 5.74) is 3.89. The molecule has 2 heterocycles. The fourth-order valence-electron chi connectivity index (χ4n) is 6.15. The van der Waals surface area contributed by atoms with Crippen LogP contribution >= 0.6 is 11.3 Å². The molecule has 1 aliphatic carbocycles. The third-order valence-corrected chi connectivity index (χ3v) is 8.18. The van der Waals surface area contributed by atoms with E-state index in [2.05, 4.69) is 36.0 Å². The van der Waals surface area contributed by atoms with E-state index in [4.69, 9.17) is 0 Å². The van der Waals surface area contributed by atoms with Gasteiger partial charge < -0.3 is 15.1 Å². The van der Waals surface area contributed by atoms with Crippen LogP contribution in [0, 0.1) is 24.7 Å². The molecule has 0 radical (unpaired) electrons. The molecule has 34 heavy (non-hydrogen) atoms. The Labute approximate surface area is 207 Å². The van der Waals surface area contributed by atoms with E-state index in [1.54, 1.807) is 4.90 Å². The molecule has 1 aromatic carbocycles. The van der Waals surface area contributed by atoms with Crippen LogP contribution in [0.1, 0.15) is 80.5 Å². The average molecular weight is 483 g/mol. The summed E-state index contributed by atoms with van der Waals surface area (Å²) in [6, 6.07) is 6.11. The molecular weight excluding hydrogens is 444 g/mol. The van der Waals surface area contributed by atoms with Gasteiger partial charge in [-0.3, -0.25) is 4.79 Å². The van der Waals surface area contributed by atoms with Crippen LogP contribution in [0.3, 0.4) is 0 Å². The number of anilines is 1. The summed E-state index contributed by atoms with van der Waals surface area (Å²) in [6.45, 7) is 16.1. The molecule has 1 saturated carbocycles. The number of nitrogens with zero attached hydrogens (tertiary/aromatic N) is 3. The van der Waals surface area contributed by atoms with Crippen molar-refractivity contribution in [3.63, 3.8) is 0 Å². The van der Waals surface area contributed by atoms with Crippen molar-refractivity contribution >= 4 is 29.0 Å². The molecule has 1 saturated heterocycles. The molecular formula is C27H38N4O2S. The molecule has 1 aromatic heterocycles. The van der Waals surface area contributed by atoms with Gasteiger partial charge in [0.1, 0.15) is 10.7 Å². The van der Waals surface area contributed by atoms with Gasteiger partial charge in [-0.05, 0) is 68.9 Å². The normalized spacial score (nSPS) is 23.3. The van der Waals surface area contributed by atoms with Gasteiger partial charge in [0, 0.05) is 29.7 Å². The first-order chi connectivity index (χ1) is 15.9. The van der Waals surface area contributed by atoms with Crippen molar-refractivity contribution in [1.82, 2.24) is 14.8 Å². The summed E-state index contributed by atoms with van der Waals surface area (Å²) >= 11 is 1.46. The third kappa shape index (κ3) is 4.99. The summed E-state index contributed by atoms with van der Waals surface area (Å²) in [7, 11) is 0. The quantitative estimate of drug-likeness (QED) is 0.548. The number of carbonyl (C=O) groups is 2. The molecule has 2 fully saturated rings. The first-order valence-electron chi connectivity index (χ1n) is 12.3. The number of thiazole rings is 1. The molecule has 1 N–H and O–H groups in total. The van der Waals surface area contributed by atoms with E-state index in [0.717, 1.165) is 47.6 Å². The lowest BCUT2D eigenvalue weighted by Crippen LogP contribution is -2.40. The number of rotatable bonds is 5. The lowest BCUT2D eigenvalue weighted by Gasteiger charge is -2.39. The molecule has 4 rings (SSSR count). The summed E-state index contributed by atoms with van der Waals surface area (Å²) in [5.74, 6) is 0.0324. The van der Waals surface area contributed by atoms with E-state index >= 15 is 0 Å². The van der Waals surface area contributed by atoms with E-state index in [9.17, 15) is 9.59 Å². The predicted octanol–water partition coefficient (Wildman–Crippen LogP) is 6.24. The van der Waals surface area contributed by atoms with Crippen LogP contribution in [0.25, 0.3) is 0 Å². The minimum absolute atomic E-state index is 0.00705. The van der Waals surface area contributed by atoms with Crippen molar-refractivity contribution in [1.29, 1.82) is 0 Å². The summed E-state index contributed by atoms with van der Waals surface area (Å²) in [4.78, 5) is 35.1. The van der Waals surface area contributed by atoms with Crippen LogP contribution in [0.2, 0.25) is 0 Å². The second kappa shape index (κ2) is 8.99. The molecule has 2 atom stereocenters. The van der Waals surface area contributed by atoms with Crippen LogP contribution in [0.4, 0.5) is 10.5 Å². The molecule has 2 bridgehead atoms. The number of urea groups is 1. The highest BCUT2D eigenvalue weighted by Gasteiger charge is 2.51. The minimum Gasteiger partial charge on any atom is -0.334 e. The Morgan fingerprint density at radius 2 is 1.88 bits per heavy atom. The smallest absolute Gasteiger partial charge is 0.322 e. The molecule has 184 valence electrons. The second-order valence-electron chi connectivity index (χ2n) is 11.7. The Kier molecular flexibility index (Phi) is 6.53. The van der Waals surface area contributed by atoms with Gasteiger partial charge in [-0.25, -0.2) is 9.78 Å². The number of likely N-dealkylation sites (tertiary alicyclic amines) is 1. The Balaban J connectivity index is 1.47. The third-order valence-electron chi connectivity index (χ3n) is 7.35. The van der Waals surface area contributed by atoms with Gasteiger partial charge in [0.25, 0.3) is 5.91 Å². The van der Waals surface area contributed by atoms with Crippen molar-refractivity contribution in [2.45, 2.75) is 86.4 Å². The molecule has 2 unspecified atom stereocenters. The molecule has 0 spiro atoms. The SMILES string of the molecule is Cc1cccc(C)c1NC(=O)N(Cc1nc(C(=O)N2CC3(C)CC2CC(C)(C)C3)cs1)C(C)C. The maximum absolute atomic E-state index is 13.4. The van der Waals surface area contributed by atoms with Gasteiger partial charge in [-0.1, -0.05) is 39.0 Å². The maximum Gasteiger partial charge on any atom is 0.322 e. The Morgan fingerprint density at radius 3 is 2.53 bits per heavy atom. The number of aryl methyl sites for hydroxylation is 2. The Morgan fingerprint density at radius 1 is 1.21 bits per heavy atom. The summed E-state index contributed by atoms with van der Waals surface area (Å²) in [5, 5.41) is 5.72. The molecule has 7 heteroatoms. The zero-order chi connectivity index (χ0) is 24.8.